The first kappa shape index (κ1) is 21.5. The number of para-hydroxylation sites is 1. The van der Waals surface area contributed by atoms with Crippen molar-refractivity contribution in [3.63, 3.8) is 0 Å². The lowest BCUT2D eigenvalue weighted by Crippen LogP contribution is -2.16. The van der Waals surface area contributed by atoms with E-state index >= 15 is 0 Å². The van der Waals surface area contributed by atoms with Crippen molar-refractivity contribution in [2.75, 3.05) is 12.8 Å². The minimum absolute atomic E-state index is 0.0478. The summed E-state index contributed by atoms with van der Waals surface area (Å²) in [5.41, 5.74) is 4.03. The van der Waals surface area contributed by atoms with Crippen LogP contribution in [0.4, 0.5) is 11.5 Å². The second-order valence-electron chi connectivity index (χ2n) is 6.24. The number of benzene rings is 2. The number of aromatic nitrogens is 1. The van der Waals surface area contributed by atoms with Crippen molar-refractivity contribution in [2.24, 2.45) is 0 Å². The zero-order valence-electron chi connectivity index (χ0n) is 16.4. The largest absolute Gasteiger partial charge is 0.465 e. The van der Waals surface area contributed by atoms with Crippen LogP contribution >= 0.6 is 0 Å². The number of H-pyrrole nitrogens is 1. The lowest BCUT2D eigenvalue weighted by atomic mass is 9.96. The third-order valence-electron chi connectivity index (χ3n) is 4.42. The molecule has 3 N–H and O–H groups in total. The van der Waals surface area contributed by atoms with Crippen LogP contribution in [-0.4, -0.2) is 23.0 Å². The molecule has 0 unspecified atom stereocenters. The molecule has 0 fully saturated rings. The van der Waals surface area contributed by atoms with Gasteiger partial charge in [-0.25, -0.2) is 4.79 Å². The van der Waals surface area contributed by atoms with Gasteiger partial charge in [-0.3, -0.25) is 14.9 Å². The van der Waals surface area contributed by atoms with Gasteiger partial charge in [-0.05, 0) is 12.1 Å². The fourth-order valence-electron chi connectivity index (χ4n) is 2.98. The SMILES string of the molecule is COC(=O)c1cc([N+](=O)[O-])ccc1Oc1ccccc1-c1c(C#N)c(N)[nH]c(=O)c1C#N. The molecule has 1 aromatic heterocycles. The van der Waals surface area contributed by atoms with Crippen molar-refractivity contribution in [1.29, 1.82) is 10.5 Å². The first-order valence-corrected chi connectivity index (χ1v) is 8.82. The first-order valence-electron chi connectivity index (χ1n) is 8.82. The summed E-state index contributed by atoms with van der Waals surface area (Å²) in [7, 11) is 1.11. The summed E-state index contributed by atoms with van der Waals surface area (Å²) >= 11 is 0. The maximum Gasteiger partial charge on any atom is 0.341 e. The van der Waals surface area contributed by atoms with E-state index in [1.165, 1.54) is 18.2 Å². The molecule has 0 aliphatic carbocycles. The van der Waals surface area contributed by atoms with Gasteiger partial charge in [0.05, 0.1) is 12.0 Å². The number of nitrogen functional groups attached to an aromatic ring is 1. The molecular formula is C21H13N5O6. The zero-order valence-corrected chi connectivity index (χ0v) is 16.4. The maximum absolute atomic E-state index is 12.3. The Bertz CT molecular complexity index is 1400. The second kappa shape index (κ2) is 8.69. The molecule has 2 aromatic carbocycles. The Morgan fingerprint density at radius 1 is 1.12 bits per heavy atom. The van der Waals surface area contributed by atoms with E-state index in [0.29, 0.717) is 0 Å². The molecule has 0 radical (unpaired) electrons. The van der Waals surface area contributed by atoms with Gasteiger partial charge in [0, 0.05) is 23.3 Å². The summed E-state index contributed by atoms with van der Waals surface area (Å²) in [4.78, 5) is 37.1. The molecule has 3 aromatic rings. The number of non-ortho nitro benzene ring substituents is 1. The number of hydrogen-bond acceptors (Lipinski definition) is 9. The predicted molar refractivity (Wildman–Crippen MR) is 111 cm³/mol. The number of nitrogens with zero attached hydrogens (tertiary/aromatic N) is 3. The normalized spacial score (nSPS) is 9.97. The summed E-state index contributed by atoms with van der Waals surface area (Å²) < 4.78 is 10.5. The number of esters is 1. The molecular weight excluding hydrogens is 418 g/mol. The number of carbonyl (C=O) groups excluding carboxylic acids is 1. The Labute approximate surface area is 180 Å². The van der Waals surface area contributed by atoms with Gasteiger partial charge in [-0.15, -0.1) is 0 Å². The minimum atomic E-state index is -0.878. The summed E-state index contributed by atoms with van der Waals surface area (Å²) in [6.07, 6.45) is 0. The molecule has 32 heavy (non-hydrogen) atoms. The van der Waals surface area contributed by atoms with Crippen molar-refractivity contribution in [3.05, 3.63) is 79.6 Å². The van der Waals surface area contributed by atoms with Gasteiger partial charge >= 0.3 is 5.97 Å². The number of anilines is 1. The fraction of sp³-hybridized carbons (Fsp3) is 0.0476. The summed E-state index contributed by atoms with van der Waals surface area (Å²) in [6.45, 7) is 0. The van der Waals surface area contributed by atoms with Crippen LogP contribution in [0.3, 0.4) is 0 Å². The van der Waals surface area contributed by atoms with E-state index in [1.807, 2.05) is 6.07 Å². The molecule has 0 saturated carbocycles. The molecule has 11 heteroatoms. The maximum atomic E-state index is 12.3. The Morgan fingerprint density at radius 3 is 2.44 bits per heavy atom. The van der Waals surface area contributed by atoms with Crippen LogP contribution in [0.25, 0.3) is 11.1 Å². The van der Waals surface area contributed by atoms with E-state index in [1.54, 1.807) is 18.2 Å². The average molecular weight is 431 g/mol. The van der Waals surface area contributed by atoms with Crippen LogP contribution < -0.4 is 16.0 Å². The molecule has 158 valence electrons. The smallest absolute Gasteiger partial charge is 0.341 e. The number of nitrogens with one attached hydrogen (secondary N) is 1. The molecule has 1 heterocycles. The van der Waals surface area contributed by atoms with Crippen LogP contribution in [0, 0.1) is 32.8 Å². The number of rotatable bonds is 5. The topological polar surface area (TPSA) is 185 Å². The highest BCUT2D eigenvalue weighted by Crippen LogP contribution is 2.38. The molecule has 0 atom stereocenters. The highest BCUT2D eigenvalue weighted by molar-refractivity contribution is 5.93. The summed E-state index contributed by atoms with van der Waals surface area (Å²) in [6, 6.07) is 13.1. The highest BCUT2D eigenvalue weighted by atomic mass is 16.6. The summed E-state index contributed by atoms with van der Waals surface area (Å²) in [5.74, 6) is -1.13. The van der Waals surface area contributed by atoms with Crippen LogP contribution in [0.15, 0.2) is 47.3 Å². The predicted octanol–water partition coefficient (Wildman–Crippen LogP) is 2.85. The van der Waals surface area contributed by atoms with Gasteiger partial charge in [0.1, 0.15) is 46.1 Å². The van der Waals surface area contributed by atoms with Gasteiger partial charge in [0.25, 0.3) is 11.2 Å². The number of ether oxygens (including phenoxy) is 2. The van der Waals surface area contributed by atoms with E-state index in [0.717, 1.165) is 19.2 Å². The van der Waals surface area contributed by atoms with Crippen LogP contribution in [0.1, 0.15) is 21.5 Å². The molecule has 3 rings (SSSR count). The molecule has 0 bridgehead atoms. The van der Waals surface area contributed by atoms with E-state index in [-0.39, 0.29) is 50.8 Å². The van der Waals surface area contributed by atoms with Crippen molar-refractivity contribution in [2.45, 2.75) is 0 Å². The number of nitrogens with two attached hydrogens (primary N) is 1. The Hall–Kier alpha value is -5.16. The van der Waals surface area contributed by atoms with E-state index < -0.39 is 16.5 Å². The summed E-state index contributed by atoms with van der Waals surface area (Å²) in [5, 5.41) is 30.1. The Balaban J connectivity index is 2.25. The van der Waals surface area contributed by atoms with Crippen molar-refractivity contribution >= 4 is 17.5 Å². The number of carbonyl (C=O) groups is 1. The van der Waals surface area contributed by atoms with Crippen LogP contribution in [0.2, 0.25) is 0 Å². The lowest BCUT2D eigenvalue weighted by molar-refractivity contribution is -0.384. The minimum Gasteiger partial charge on any atom is -0.465 e. The van der Waals surface area contributed by atoms with Crippen molar-refractivity contribution in [1.82, 2.24) is 4.98 Å². The van der Waals surface area contributed by atoms with Gasteiger partial charge in [0.15, 0.2) is 0 Å². The van der Waals surface area contributed by atoms with Crippen LogP contribution in [-0.2, 0) is 4.74 Å². The molecule has 0 saturated heterocycles. The average Bonchev–Trinajstić information content (AvgIpc) is 2.78. The highest BCUT2D eigenvalue weighted by Gasteiger charge is 2.23. The van der Waals surface area contributed by atoms with Crippen LogP contribution in [0.5, 0.6) is 11.5 Å². The zero-order chi connectivity index (χ0) is 23.4. The third kappa shape index (κ3) is 3.81. The molecule has 0 aliphatic rings. The fourth-order valence-corrected chi connectivity index (χ4v) is 2.98. The molecule has 0 spiro atoms. The number of nitro benzene ring substituents is 1. The quantitative estimate of drug-likeness (QED) is 0.348. The van der Waals surface area contributed by atoms with Gasteiger partial charge in [-0.2, -0.15) is 10.5 Å². The Kier molecular flexibility index (Phi) is 5.85. The second-order valence-corrected chi connectivity index (χ2v) is 6.24. The lowest BCUT2D eigenvalue weighted by Gasteiger charge is -2.15. The number of pyridine rings is 1. The molecule has 11 nitrogen and oxygen atoms in total. The molecule has 0 amide bonds. The molecule has 0 aliphatic heterocycles. The number of nitriles is 2. The Morgan fingerprint density at radius 2 is 1.81 bits per heavy atom. The third-order valence-corrected chi connectivity index (χ3v) is 4.42. The number of methoxy groups -OCH3 is 1. The van der Waals surface area contributed by atoms with Crippen molar-refractivity contribution in [3.8, 4) is 34.8 Å². The van der Waals surface area contributed by atoms with Gasteiger partial charge < -0.3 is 20.2 Å². The number of hydrogen-bond donors (Lipinski definition) is 2. The number of nitro groups is 1. The van der Waals surface area contributed by atoms with E-state index in [4.69, 9.17) is 10.5 Å². The van der Waals surface area contributed by atoms with E-state index in [2.05, 4.69) is 9.72 Å². The standard InChI is InChI=1S/C21H13N5O6/c1-31-21(28)13-8-11(26(29)30)6-7-17(13)32-16-5-3-2-4-12(16)18-14(9-22)19(24)25-20(27)15(18)10-23/h2-8H,1H3,(H3,24,25,27). The number of aromatic amines is 1. The van der Waals surface area contributed by atoms with E-state index in [9.17, 15) is 30.2 Å². The monoisotopic (exact) mass is 431 g/mol. The first-order chi connectivity index (χ1) is 15.3. The van der Waals surface area contributed by atoms with Gasteiger partial charge in [-0.1, -0.05) is 18.2 Å². The van der Waals surface area contributed by atoms with Crippen molar-refractivity contribution < 1.29 is 19.2 Å². The van der Waals surface area contributed by atoms with Gasteiger partial charge in [0.2, 0.25) is 0 Å².